The molecule has 0 spiro atoms. The van der Waals surface area contributed by atoms with Crippen LogP contribution in [0.25, 0.3) is 10.8 Å². The van der Waals surface area contributed by atoms with Crippen LogP contribution in [0.5, 0.6) is 0 Å². The van der Waals surface area contributed by atoms with Crippen LogP contribution in [-0.2, 0) is 0 Å². The van der Waals surface area contributed by atoms with Crippen LogP contribution in [-0.4, -0.2) is 23.0 Å². The predicted molar refractivity (Wildman–Crippen MR) is 102 cm³/mol. The Balaban J connectivity index is 0.00000139. The number of hydrogen-bond acceptors (Lipinski definition) is 4. The number of nitrogens with zero attached hydrogens (tertiary/aromatic N) is 3. The number of rotatable bonds is 7. The maximum absolute atomic E-state index is 10.9. The summed E-state index contributed by atoms with van der Waals surface area (Å²) in [4.78, 5) is 17.2. The molecule has 24 heavy (non-hydrogen) atoms. The van der Waals surface area contributed by atoms with Gasteiger partial charge in [-0.1, -0.05) is 45.7 Å². The number of non-ortho nitro benzene ring substituents is 1. The van der Waals surface area contributed by atoms with Crippen molar-refractivity contribution < 1.29 is 4.92 Å². The smallest absolute Gasteiger partial charge is 0.270 e. The zero-order valence-electron chi connectivity index (χ0n) is 14.9. The van der Waals surface area contributed by atoms with Crippen LogP contribution in [0, 0.1) is 10.1 Å². The van der Waals surface area contributed by atoms with Gasteiger partial charge < -0.3 is 4.90 Å². The third-order valence-electron chi connectivity index (χ3n) is 3.55. The topological polar surface area (TPSA) is 59.3 Å². The number of pyridine rings is 1. The van der Waals surface area contributed by atoms with E-state index in [0.717, 1.165) is 48.9 Å². The number of benzene rings is 1. The van der Waals surface area contributed by atoms with Crippen LogP contribution in [0.2, 0.25) is 5.15 Å². The highest BCUT2D eigenvalue weighted by Crippen LogP contribution is 2.30. The van der Waals surface area contributed by atoms with Gasteiger partial charge in [-0.15, -0.1) is 0 Å². The van der Waals surface area contributed by atoms with Crippen LogP contribution < -0.4 is 4.90 Å². The first kappa shape index (κ1) is 20.2. The second kappa shape index (κ2) is 10.1. The van der Waals surface area contributed by atoms with E-state index in [1.165, 1.54) is 6.07 Å². The highest BCUT2D eigenvalue weighted by molar-refractivity contribution is 6.30. The third kappa shape index (κ3) is 5.06. The van der Waals surface area contributed by atoms with Crippen LogP contribution >= 0.6 is 11.6 Å². The van der Waals surface area contributed by atoms with E-state index < -0.39 is 4.92 Å². The van der Waals surface area contributed by atoms with Gasteiger partial charge in [0.2, 0.25) is 0 Å². The van der Waals surface area contributed by atoms with Gasteiger partial charge in [0.15, 0.2) is 0 Å². The average molecular weight is 352 g/mol. The first-order valence-corrected chi connectivity index (χ1v) is 8.94. The first-order valence-electron chi connectivity index (χ1n) is 8.56. The lowest BCUT2D eigenvalue weighted by molar-refractivity contribution is -0.384. The normalized spacial score (nSPS) is 10.2. The van der Waals surface area contributed by atoms with Crippen molar-refractivity contribution in [2.24, 2.45) is 0 Å². The molecular formula is C18H26ClN3O2. The zero-order valence-corrected chi connectivity index (χ0v) is 15.6. The molecule has 0 atom stereocenters. The summed E-state index contributed by atoms with van der Waals surface area (Å²) >= 11 is 6.13. The summed E-state index contributed by atoms with van der Waals surface area (Å²) in [6, 6.07) is 6.51. The lowest BCUT2D eigenvalue weighted by Gasteiger charge is -2.24. The molecule has 0 N–H and O–H groups in total. The molecule has 0 fully saturated rings. The maximum Gasteiger partial charge on any atom is 0.270 e. The molecule has 0 saturated heterocycles. The second-order valence-corrected chi connectivity index (χ2v) is 5.66. The van der Waals surface area contributed by atoms with E-state index in [9.17, 15) is 10.1 Å². The second-order valence-electron chi connectivity index (χ2n) is 5.27. The summed E-state index contributed by atoms with van der Waals surface area (Å²) in [5.41, 5.74) is 0.0660. The highest BCUT2D eigenvalue weighted by atomic mass is 35.5. The van der Waals surface area contributed by atoms with Crippen molar-refractivity contribution in [3.63, 3.8) is 0 Å². The fourth-order valence-corrected chi connectivity index (χ4v) is 2.69. The SMILES string of the molecule is CC.CCCCN(CCC)c1nc(Cl)cc2cc([N+](=O)[O-])ccc12. The van der Waals surface area contributed by atoms with Crippen LogP contribution in [0.1, 0.15) is 47.0 Å². The third-order valence-corrected chi connectivity index (χ3v) is 3.74. The van der Waals surface area contributed by atoms with E-state index in [2.05, 4.69) is 23.7 Å². The minimum Gasteiger partial charge on any atom is -0.356 e. The van der Waals surface area contributed by atoms with Gasteiger partial charge in [-0.2, -0.15) is 0 Å². The summed E-state index contributed by atoms with van der Waals surface area (Å²) in [5, 5.41) is 13.0. The highest BCUT2D eigenvalue weighted by Gasteiger charge is 2.15. The van der Waals surface area contributed by atoms with Gasteiger partial charge in [0.1, 0.15) is 11.0 Å². The molecule has 1 aromatic carbocycles. The Labute approximate surface area is 148 Å². The minimum absolute atomic E-state index is 0.0660. The van der Waals surface area contributed by atoms with Crippen molar-refractivity contribution in [1.82, 2.24) is 4.98 Å². The molecule has 0 amide bonds. The molecule has 0 unspecified atom stereocenters. The molecule has 0 bridgehead atoms. The van der Waals surface area contributed by atoms with Crippen molar-refractivity contribution in [3.8, 4) is 0 Å². The van der Waals surface area contributed by atoms with Crippen molar-refractivity contribution in [3.05, 3.63) is 39.5 Å². The molecule has 0 aliphatic rings. The molecule has 0 aliphatic heterocycles. The molecule has 5 nitrogen and oxygen atoms in total. The Kier molecular flexibility index (Phi) is 8.47. The van der Waals surface area contributed by atoms with Crippen LogP contribution in [0.15, 0.2) is 24.3 Å². The standard InChI is InChI=1S/C16H20ClN3O2.C2H6/c1-3-5-9-19(8-4-2)16-14-7-6-13(20(21)22)10-12(14)11-15(17)18-16;1-2/h6-7,10-11H,3-5,8-9H2,1-2H3;1-2H3. The number of aromatic nitrogens is 1. The molecule has 2 aromatic rings. The van der Waals surface area contributed by atoms with E-state index >= 15 is 0 Å². The van der Waals surface area contributed by atoms with E-state index in [-0.39, 0.29) is 5.69 Å². The molecule has 0 radical (unpaired) electrons. The monoisotopic (exact) mass is 351 g/mol. The Hall–Kier alpha value is -1.88. The van der Waals surface area contributed by atoms with Crippen LogP contribution in [0.3, 0.4) is 0 Å². The van der Waals surface area contributed by atoms with Gasteiger partial charge in [0.25, 0.3) is 5.69 Å². The predicted octanol–water partition coefficient (Wildman–Crippen LogP) is 5.84. The van der Waals surface area contributed by atoms with Gasteiger partial charge in [-0.05, 0) is 30.4 Å². The molecule has 0 aliphatic carbocycles. The number of anilines is 1. The van der Waals surface area contributed by atoms with Crippen molar-refractivity contribution >= 4 is 33.9 Å². The Morgan fingerprint density at radius 3 is 2.46 bits per heavy atom. The van der Waals surface area contributed by atoms with Gasteiger partial charge in [0, 0.05) is 30.6 Å². The minimum atomic E-state index is -0.395. The molecule has 0 saturated carbocycles. The van der Waals surface area contributed by atoms with Crippen molar-refractivity contribution in [1.29, 1.82) is 0 Å². The van der Waals surface area contributed by atoms with Gasteiger partial charge >= 0.3 is 0 Å². The van der Waals surface area contributed by atoms with Gasteiger partial charge in [0.05, 0.1) is 4.92 Å². The van der Waals surface area contributed by atoms with E-state index in [1.807, 2.05) is 13.8 Å². The molecule has 6 heteroatoms. The van der Waals surface area contributed by atoms with Crippen molar-refractivity contribution in [2.75, 3.05) is 18.0 Å². The fourth-order valence-electron chi connectivity index (χ4n) is 2.49. The van der Waals surface area contributed by atoms with Gasteiger partial charge in [-0.3, -0.25) is 10.1 Å². The number of hydrogen-bond donors (Lipinski definition) is 0. The Morgan fingerprint density at radius 2 is 1.88 bits per heavy atom. The first-order chi connectivity index (χ1) is 11.6. The number of halogens is 1. The lowest BCUT2D eigenvalue weighted by atomic mass is 10.1. The Morgan fingerprint density at radius 1 is 1.17 bits per heavy atom. The summed E-state index contributed by atoms with van der Waals surface area (Å²) < 4.78 is 0. The largest absolute Gasteiger partial charge is 0.356 e. The van der Waals surface area contributed by atoms with Crippen LogP contribution in [0.4, 0.5) is 11.5 Å². The summed E-state index contributed by atoms with van der Waals surface area (Å²) in [5.74, 6) is 0.813. The molecule has 2 rings (SSSR count). The molecule has 1 aromatic heterocycles. The zero-order chi connectivity index (χ0) is 18.1. The van der Waals surface area contributed by atoms with E-state index in [1.54, 1.807) is 18.2 Å². The lowest BCUT2D eigenvalue weighted by Crippen LogP contribution is -2.26. The van der Waals surface area contributed by atoms with E-state index in [0.29, 0.717) is 5.15 Å². The number of nitro benzene ring substituents is 1. The summed E-state index contributed by atoms with van der Waals surface area (Å²) in [6.07, 6.45) is 3.18. The average Bonchev–Trinajstić information content (AvgIpc) is 2.59. The summed E-state index contributed by atoms with van der Waals surface area (Å²) in [7, 11) is 0. The van der Waals surface area contributed by atoms with Gasteiger partial charge in [-0.25, -0.2) is 4.98 Å². The molecule has 132 valence electrons. The van der Waals surface area contributed by atoms with E-state index in [4.69, 9.17) is 11.6 Å². The quantitative estimate of drug-likeness (QED) is 0.357. The number of nitro groups is 1. The Bertz CT molecular complexity index is 677. The summed E-state index contributed by atoms with van der Waals surface area (Å²) in [6.45, 7) is 10.1. The number of fused-ring (bicyclic) bond motifs is 1. The molecule has 1 heterocycles. The molecular weight excluding hydrogens is 326 g/mol. The fraction of sp³-hybridized carbons (Fsp3) is 0.500. The number of unbranched alkanes of at least 4 members (excludes halogenated alkanes) is 1. The maximum atomic E-state index is 10.9. The van der Waals surface area contributed by atoms with Crippen molar-refractivity contribution in [2.45, 2.75) is 47.0 Å².